The third kappa shape index (κ3) is 3.33. The summed E-state index contributed by atoms with van der Waals surface area (Å²) in [7, 11) is -1.23. The summed E-state index contributed by atoms with van der Waals surface area (Å²) in [6, 6.07) is 12.6. The van der Waals surface area contributed by atoms with Crippen LogP contribution in [-0.2, 0) is 0 Å². The molecule has 2 aliphatic carbocycles. The van der Waals surface area contributed by atoms with Crippen LogP contribution in [0.3, 0.4) is 0 Å². The third-order valence-electron chi connectivity index (χ3n) is 6.71. The van der Waals surface area contributed by atoms with Crippen molar-refractivity contribution in [1.82, 2.24) is 0 Å². The van der Waals surface area contributed by atoms with E-state index in [1.165, 1.54) is 24.4 Å². The van der Waals surface area contributed by atoms with E-state index in [0.717, 1.165) is 29.2 Å². The monoisotopic (exact) mass is 338 g/mol. The summed E-state index contributed by atoms with van der Waals surface area (Å²) < 4.78 is 0. The highest BCUT2D eigenvalue weighted by atomic mass is 28.3. The van der Waals surface area contributed by atoms with Crippen LogP contribution in [0.25, 0.3) is 5.57 Å². The molecule has 0 spiro atoms. The van der Waals surface area contributed by atoms with E-state index in [-0.39, 0.29) is 0 Å². The van der Waals surface area contributed by atoms with Gasteiger partial charge in [0.15, 0.2) is 0 Å². The molecule has 2 aliphatic rings. The van der Waals surface area contributed by atoms with Crippen molar-refractivity contribution in [3.05, 3.63) is 54.1 Å². The minimum absolute atomic E-state index is 0.737. The van der Waals surface area contributed by atoms with Gasteiger partial charge in [0.2, 0.25) is 0 Å². The summed E-state index contributed by atoms with van der Waals surface area (Å²) in [6.45, 7) is 12.7. The molecular weight excluding hydrogens is 304 g/mol. The zero-order valence-electron chi connectivity index (χ0n) is 16.1. The Bertz CT molecular complexity index is 610. The molecule has 0 aliphatic heterocycles. The number of hydrogen-bond acceptors (Lipinski definition) is 0. The van der Waals surface area contributed by atoms with Gasteiger partial charge < -0.3 is 0 Å². The maximum absolute atomic E-state index is 2.66. The van der Waals surface area contributed by atoms with Crippen molar-refractivity contribution >= 4 is 13.6 Å². The maximum Gasteiger partial charge on any atom is 0.0516 e. The van der Waals surface area contributed by atoms with Gasteiger partial charge in [0, 0.05) is 0 Å². The van der Waals surface area contributed by atoms with Crippen LogP contribution in [0.1, 0.15) is 39.2 Å². The highest BCUT2D eigenvalue weighted by Crippen LogP contribution is 2.57. The smallest absolute Gasteiger partial charge is 0.0516 e. The van der Waals surface area contributed by atoms with Crippen molar-refractivity contribution < 1.29 is 0 Å². The number of allylic oxidation sites excluding steroid dienone is 4. The lowest BCUT2D eigenvalue weighted by Crippen LogP contribution is -2.39. The Balaban J connectivity index is 1.87. The van der Waals surface area contributed by atoms with Crippen molar-refractivity contribution in [3.8, 4) is 0 Å². The summed E-state index contributed by atoms with van der Waals surface area (Å²) >= 11 is 0. The van der Waals surface area contributed by atoms with Gasteiger partial charge in [-0.1, -0.05) is 94.9 Å². The molecule has 1 fully saturated rings. The second kappa shape index (κ2) is 7.04. The van der Waals surface area contributed by atoms with Gasteiger partial charge >= 0.3 is 0 Å². The van der Waals surface area contributed by atoms with E-state index in [1.54, 1.807) is 5.57 Å². The largest absolute Gasteiger partial charge is 0.0808 e. The highest BCUT2D eigenvalue weighted by Gasteiger charge is 2.49. The fourth-order valence-electron chi connectivity index (χ4n) is 5.74. The molecule has 0 aromatic heterocycles. The molecule has 5 unspecified atom stereocenters. The summed E-state index contributed by atoms with van der Waals surface area (Å²) in [6.07, 6.45) is 9.99. The molecular formula is C23H34Si. The van der Waals surface area contributed by atoms with Crippen LogP contribution in [-0.4, -0.2) is 8.07 Å². The summed E-state index contributed by atoms with van der Waals surface area (Å²) in [4.78, 5) is 0. The Morgan fingerprint density at radius 3 is 2.54 bits per heavy atom. The minimum atomic E-state index is -1.23. The molecule has 1 aromatic carbocycles. The van der Waals surface area contributed by atoms with Gasteiger partial charge in [-0.05, 0) is 46.8 Å². The molecule has 0 amide bonds. The molecule has 3 rings (SSSR count). The zero-order chi connectivity index (χ0) is 17.3. The van der Waals surface area contributed by atoms with Crippen LogP contribution in [0.15, 0.2) is 48.6 Å². The predicted octanol–water partition coefficient (Wildman–Crippen LogP) is 7.04. The lowest BCUT2D eigenvalue weighted by Gasteiger charge is -2.39. The van der Waals surface area contributed by atoms with Gasteiger partial charge in [-0.3, -0.25) is 0 Å². The summed E-state index contributed by atoms with van der Waals surface area (Å²) in [5, 5.41) is 0. The average Bonchev–Trinajstić information content (AvgIpc) is 2.91. The fourth-order valence-corrected chi connectivity index (χ4v) is 11.2. The predicted molar refractivity (Wildman–Crippen MR) is 110 cm³/mol. The van der Waals surface area contributed by atoms with E-state index in [1.807, 2.05) is 0 Å². The second-order valence-electron chi connectivity index (χ2n) is 9.00. The first-order chi connectivity index (χ1) is 11.4. The van der Waals surface area contributed by atoms with Gasteiger partial charge in [-0.15, -0.1) is 0 Å². The Morgan fingerprint density at radius 2 is 1.88 bits per heavy atom. The van der Waals surface area contributed by atoms with Crippen molar-refractivity contribution in [2.24, 2.45) is 23.7 Å². The minimum Gasteiger partial charge on any atom is -0.0808 e. The number of hydrogen-bond donors (Lipinski definition) is 0. The van der Waals surface area contributed by atoms with Crippen LogP contribution >= 0.6 is 0 Å². The van der Waals surface area contributed by atoms with Crippen molar-refractivity contribution in [3.63, 3.8) is 0 Å². The first-order valence-electron chi connectivity index (χ1n) is 9.88. The molecule has 1 saturated carbocycles. The number of fused-ring (bicyclic) bond motifs is 1. The second-order valence-corrected chi connectivity index (χ2v) is 14.1. The molecule has 0 radical (unpaired) electrons. The van der Waals surface area contributed by atoms with Gasteiger partial charge in [-0.25, -0.2) is 0 Å². The zero-order valence-corrected chi connectivity index (χ0v) is 17.1. The van der Waals surface area contributed by atoms with E-state index >= 15 is 0 Å². The standard InChI is InChI=1S/C23H34Si/c1-6-17(2)16-24(4,5)23-18(3)15-22-20(13-10-14-21(22)23)19-11-8-7-9-12-19/h7-14,17-18,21-23H,6,15-16H2,1-5H3. The van der Waals surface area contributed by atoms with E-state index in [4.69, 9.17) is 0 Å². The number of benzene rings is 1. The molecule has 0 N–H and O–H groups in total. The molecule has 1 heteroatoms. The Hall–Kier alpha value is -1.08. The van der Waals surface area contributed by atoms with Gasteiger partial charge in [0.05, 0.1) is 8.07 Å². The maximum atomic E-state index is 2.66. The van der Waals surface area contributed by atoms with Crippen molar-refractivity contribution in [2.75, 3.05) is 0 Å². The molecule has 24 heavy (non-hydrogen) atoms. The van der Waals surface area contributed by atoms with E-state index < -0.39 is 8.07 Å². The van der Waals surface area contributed by atoms with Crippen LogP contribution in [0, 0.1) is 23.7 Å². The first-order valence-corrected chi connectivity index (χ1v) is 13.2. The summed E-state index contributed by atoms with van der Waals surface area (Å²) in [5.74, 6) is 3.25. The van der Waals surface area contributed by atoms with Crippen molar-refractivity contribution in [2.45, 2.75) is 58.3 Å². The average molecular weight is 339 g/mol. The first kappa shape index (κ1) is 17.7. The van der Waals surface area contributed by atoms with E-state index in [2.05, 4.69) is 82.4 Å². The molecule has 130 valence electrons. The summed E-state index contributed by atoms with van der Waals surface area (Å²) in [5.41, 5.74) is 3.96. The third-order valence-corrected chi connectivity index (χ3v) is 11.2. The normalized spacial score (nSPS) is 30.8. The Labute approximate surface area is 150 Å². The fraction of sp³-hybridized carbons (Fsp3) is 0.565. The SMILES string of the molecule is CCC(C)C[Si](C)(C)C1C(C)CC2C(c3ccccc3)=CC=CC21. The number of rotatable bonds is 5. The van der Waals surface area contributed by atoms with Crippen LogP contribution in [0.2, 0.25) is 24.7 Å². The molecule has 1 aromatic rings. The van der Waals surface area contributed by atoms with Gasteiger partial charge in [0.1, 0.15) is 0 Å². The quantitative estimate of drug-likeness (QED) is 0.505. The van der Waals surface area contributed by atoms with Crippen LogP contribution < -0.4 is 0 Å². The lowest BCUT2D eigenvalue weighted by molar-refractivity contribution is 0.533. The van der Waals surface area contributed by atoms with E-state index in [0.29, 0.717) is 0 Å². The topological polar surface area (TPSA) is 0 Å². The highest BCUT2D eigenvalue weighted by molar-refractivity contribution is 6.79. The molecule has 0 saturated heterocycles. The molecule has 0 nitrogen and oxygen atoms in total. The van der Waals surface area contributed by atoms with Crippen molar-refractivity contribution in [1.29, 1.82) is 0 Å². The lowest BCUT2D eigenvalue weighted by atomic mass is 9.81. The van der Waals surface area contributed by atoms with Crippen LogP contribution in [0.4, 0.5) is 0 Å². The molecule has 5 atom stereocenters. The molecule has 0 heterocycles. The molecule has 0 bridgehead atoms. The van der Waals surface area contributed by atoms with Gasteiger partial charge in [-0.2, -0.15) is 0 Å². The van der Waals surface area contributed by atoms with Crippen LogP contribution in [0.5, 0.6) is 0 Å². The Kier molecular flexibility index (Phi) is 5.20. The van der Waals surface area contributed by atoms with E-state index in [9.17, 15) is 0 Å². The Morgan fingerprint density at radius 1 is 1.17 bits per heavy atom. The van der Waals surface area contributed by atoms with Gasteiger partial charge in [0.25, 0.3) is 0 Å².